The molecule has 0 saturated carbocycles. The fraction of sp³-hybridized carbons (Fsp3) is 0.286. The number of nitrogens with zero attached hydrogens (tertiary/aromatic N) is 3. The molecule has 3 rings (SSSR count). The third kappa shape index (κ3) is 2.23. The molecule has 4 nitrogen and oxygen atoms in total. The van der Waals surface area contributed by atoms with Crippen molar-refractivity contribution in [2.24, 2.45) is 0 Å². The first-order valence-corrected chi connectivity index (χ1v) is 6.60. The fourth-order valence-electron chi connectivity index (χ4n) is 2.43. The highest BCUT2D eigenvalue weighted by Crippen LogP contribution is 2.21. The summed E-state index contributed by atoms with van der Waals surface area (Å²) in [6, 6.07) is 9.91. The summed E-state index contributed by atoms with van der Waals surface area (Å²) in [5.74, 6) is 0. The number of aromatic nitrogens is 2. The highest BCUT2D eigenvalue weighted by atomic mass is 35.5. The molecule has 2 heterocycles. The first-order chi connectivity index (χ1) is 9.29. The third-order valence-corrected chi connectivity index (χ3v) is 3.76. The molecule has 0 amide bonds. The summed E-state index contributed by atoms with van der Waals surface area (Å²) in [7, 11) is 0. The molecule has 1 aromatic carbocycles. The van der Waals surface area contributed by atoms with E-state index in [-0.39, 0.29) is 0 Å². The van der Waals surface area contributed by atoms with Crippen molar-refractivity contribution in [3.63, 3.8) is 0 Å². The number of nitriles is 1. The standard InChI is InChI=1S/C14H13ClN4/c15-12-4-2-1-3-10(12)9-19-14-5-6-17-8-11(14)13(7-16)18-19/h1-4,17H,5-6,8-9H2. The van der Waals surface area contributed by atoms with Crippen LogP contribution in [0.4, 0.5) is 0 Å². The Morgan fingerprint density at radius 3 is 3.05 bits per heavy atom. The van der Waals surface area contributed by atoms with Crippen molar-refractivity contribution >= 4 is 11.6 Å². The molecule has 1 aliphatic rings. The lowest BCUT2D eigenvalue weighted by Crippen LogP contribution is -2.25. The maximum atomic E-state index is 9.15. The number of halogens is 1. The average Bonchev–Trinajstić information content (AvgIpc) is 2.80. The van der Waals surface area contributed by atoms with Gasteiger partial charge in [-0.1, -0.05) is 29.8 Å². The van der Waals surface area contributed by atoms with Gasteiger partial charge in [-0.25, -0.2) is 0 Å². The monoisotopic (exact) mass is 272 g/mol. The number of benzene rings is 1. The van der Waals surface area contributed by atoms with Gasteiger partial charge in [-0.15, -0.1) is 0 Å². The van der Waals surface area contributed by atoms with Crippen LogP contribution in [0.1, 0.15) is 22.5 Å². The molecule has 0 aliphatic carbocycles. The van der Waals surface area contributed by atoms with Crippen molar-refractivity contribution in [3.8, 4) is 6.07 Å². The van der Waals surface area contributed by atoms with Crippen molar-refractivity contribution in [2.45, 2.75) is 19.5 Å². The minimum Gasteiger partial charge on any atom is -0.312 e. The van der Waals surface area contributed by atoms with Crippen LogP contribution in [0.25, 0.3) is 0 Å². The number of hydrogen-bond acceptors (Lipinski definition) is 3. The average molecular weight is 273 g/mol. The molecule has 5 heteroatoms. The molecule has 2 aromatic rings. The molecular weight excluding hydrogens is 260 g/mol. The summed E-state index contributed by atoms with van der Waals surface area (Å²) in [5, 5.41) is 17.6. The highest BCUT2D eigenvalue weighted by molar-refractivity contribution is 6.31. The molecule has 0 saturated heterocycles. The molecule has 1 aliphatic heterocycles. The zero-order valence-corrected chi connectivity index (χ0v) is 11.1. The van der Waals surface area contributed by atoms with Gasteiger partial charge in [-0.2, -0.15) is 10.4 Å². The van der Waals surface area contributed by atoms with E-state index in [1.165, 1.54) is 0 Å². The summed E-state index contributed by atoms with van der Waals surface area (Å²) in [6.07, 6.45) is 0.897. The smallest absolute Gasteiger partial charge is 0.167 e. The Morgan fingerprint density at radius 1 is 1.42 bits per heavy atom. The lowest BCUT2D eigenvalue weighted by molar-refractivity contribution is 0.582. The normalized spacial score (nSPS) is 13.9. The first-order valence-electron chi connectivity index (χ1n) is 6.22. The van der Waals surface area contributed by atoms with Gasteiger partial charge >= 0.3 is 0 Å². The van der Waals surface area contributed by atoms with Crippen LogP contribution in [-0.2, 0) is 19.5 Å². The number of fused-ring (bicyclic) bond motifs is 1. The van der Waals surface area contributed by atoms with E-state index in [4.69, 9.17) is 16.9 Å². The Morgan fingerprint density at radius 2 is 2.26 bits per heavy atom. The highest BCUT2D eigenvalue weighted by Gasteiger charge is 2.20. The summed E-state index contributed by atoms with van der Waals surface area (Å²) < 4.78 is 1.91. The second-order valence-corrected chi connectivity index (χ2v) is 4.97. The maximum absolute atomic E-state index is 9.15. The van der Waals surface area contributed by atoms with Gasteiger partial charge in [0.1, 0.15) is 6.07 Å². The van der Waals surface area contributed by atoms with Gasteiger partial charge in [0.05, 0.1) is 6.54 Å². The zero-order valence-electron chi connectivity index (χ0n) is 10.4. The molecule has 1 aromatic heterocycles. The topological polar surface area (TPSA) is 53.6 Å². The van der Waals surface area contributed by atoms with Crippen molar-refractivity contribution in [1.82, 2.24) is 15.1 Å². The summed E-state index contributed by atoms with van der Waals surface area (Å²) in [6.45, 7) is 2.26. The molecule has 0 bridgehead atoms. The second-order valence-electron chi connectivity index (χ2n) is 4.56. The van der Waals surface area contributed by atoms with E-state index in [9.17, 15) is 0 Å². The molecule has 1 N–H and O–H groups in total. The van der Waals surface area contributed by atoms with Crippen molar-refractivity contribution in [1.29, 1.82) is 5.26 Å². The molecule has 0 unspecified atom stereocenters. The lowest BCUT2D eigenvalue weighted by Gasteiger charge is -2.15. The van der Waals surface area contributed by atoms with Gasteiger partial charge in [-0.3, -0.25) is 4.68 Å². The van der Waals surface area contributed by atoms with Crippen LogP contribution in [0, 0.1) is 11.3 Å². The van der Waals surface area contributed by atoms with Gasteiger partial charge in [-0.05, 0) is 11.6 Å². The predicted molar refractivity (Wildman–Crippen MR) is 72.9 cm³/mol. The quantitative estimate of drug-likeness (QED) is 0.911. The SMILES string of the molecule is N#Cc1nn(Cc2ccccc2Cl)c2c1CNCC2. The molecule has 0 atom stereocenters. The van der Waals surface area contributed by atoms with Crippen molar-refractivity contribution in [2.75, 3.05) is 6.54 Å². The van der Waals surface area contributed by atoms with E-state index in [0.29, 0.717) is 12.2 Å². The molecule has 0 radical (unpaired) electrons. The van der Waals surface area contributed by atoms with Crippen molar-refractivity contribution < 1.29 is 0 Å². The lowest BCUT2D eigenvalue weighted by atomic mass is 10.1. The van der Waals surface area contributed by atoms with E-state index in [1.54, 1.807) is 0 Å². The van der Waals surface area contributed by atoms with Crippen LogP contribution in [0.3, 0.4) is 0 Å². The Bertz CT molecular complexity index is 654. The Labute approximate surface area is 116 Å². The van der Waals surface area contributed by atoms with Crippen LogP contribution >= 0.6 is 11.6 Å². The maximum Gasteiger partial charge on any atom is 0.167 e. The molecular formula is C14H13ClN4. The number of hydrogen-bond donors (Lipinski definition) is 1. The van der Waals surface area contributed by atoms with Crippen LogP contribution in [0.5, 0.6) is 0 Å². The summed E-state index contributed by atoms with van der Waals surface area (Å²) in [5.41, 5.74) is 3.72. The van der Waals surface area contributed by atoms with E-state index in [1.807, 2.05) is 28.9 Å². The van der Waals surface area contributed by atoms with Gasteiger partial charge in [0, 0.05) is 35.8 Å². The van der Waals surface area contributed by atoms with Gasteiger partial charge in [0.2, 0.25) is 0 Å². The number of rotatable bonds is 2. The minimum absolute atomic E-state index is 0.522. The zero-order chi connectivity index (χ0) is 13.2. The van der Waals surface area contributed by atoms with Crippen LogP contribution in [0.2, 0.25) is 5.02 Å². The van der Waals surface area contributed by atoms with E-state index in [2.05, 4.69) is 16.5 Å². The summed E-state index contributed by atoms with van der Waals surface area (Å²) in [4.78, 5) is 0. The van der Waals surface area contributed by atoms with Crippen LogP contribution in [-0.4, -0.2) is 16.3 Å². The molecule has 96 valence electrons. The van der Waals surface area contributed by atoms with Crippen LogP contribution in [0.15, 0.2) is 24.3 Å². The number of nitrogens with one attached hydrogen (secondary N) is 1. The largest absolute Gasteiger partial charge is 0.312 e. The van der Waals surface area contributed by atoms with Gasteiger partial charge in [0.15, 0.2) is 5.69 Å². The molecule has 19 heavy (non-hydrogen) atoms. The Balaban J connectivity index is 2.00. The second kappa shape index (κ2) is 5.04. The summed E-state index contributed by atoms with van der Waals surface area (Å²) >= 11 is 6.18. The Hall–Kier alpha value is -1.83. The predicted octanol–water partition coefficient (Wildman–Crippen LogP) is 2.10. The van der Waals surface area contributed by atoms with Gasteiger partial charge in [0.25, 0.3) is 0 Å². The van der Waals surface area contributed by atoms with Crippen molar-refractivity contribution in [3.05, 3.63) is 51.8 Å². The fourth-order valence-corrected chi connectivity index (χ4v) is 2.62. The van der Waals surface area contributed by atoms with E-state index < -0.39 is 0 Å². The Kier molecular flexibility index (Phi) is 3.24. The van der Waals surface area contributed by atoms with E-state index in [0.717, 1.165) is 41.4 Å². The molecule has 0 spiro atoms. The minimum atomic E-state index is 0.522. The first kappa shape index (κ1) is 12.2. The molecule has 0 fully saturated rings. The van der Waals surface area contributed by atoms with Crippen LogP contribution < -0.4 is 5.32 Å². The van der Waals surface area contributed by atoms with Gasteiger partial charge < -0.3 is 5.32 Å². The third-order valence-electron chi connectivity index (χ3n) is 3.39. The van der Waals surface area contributed by atoms with E-state index >= 15 is 0 Å².